The zero-order valence-corrected chi connectivity index (χ0v) is 55.2. The van der Waals surface area contributed by atoms with Crippen molar-refractivity contribution in [3.8, 4) is 29.5 Å². The van der Waals surface area contributed by atoms with Crippen LogP contribution in [0.15, 0.2) is 24.3 Å². The van der Waals surface area contributed by atoms with Crippen LogP contribution in [0.25, 0.3) is 59.4 Å². The van der Waals surface area contributed by atoms with E-state index in [4.69, 9.17) is 24.2 Å². The van der Waals surface area contributed by atoms with Gasteiger partial charge in [-0.2, -0.15) is 0 Å². The Labute approximate surface area is 513 Å². The lowest BCUT2D eigenvalue weighted by Gasteiger charge is -2.11. The van der Waals surface area contributed by atoms with Gasteiger partial charge >= 0.3 is 17.9 Å². The molecule has 7 aromatic rings. The van der Waals surface area contributed by atoms with Gasteiger partial charge in [-0.25, -0.2) is 24.4 Å². The molecule has 0 saturated carbocycles. The predicted molar refractivity (Wildman–Crippen MR) is 353 cm³/mol. The first-order valence-corrected chi connectivity index (χ1v) is 36.5. The summed E-state index contributed by atoms with van der Waals surface area (Å²) in [6, 6.07) is 7.84. The summed E-state index contributed by atoms with van der Waals surface area (Å²) in [5, 5.41) is 2.78. The molecular formula is C67H92N2O7S6. The van der Waals surface area contributed by atoms with Crippen molar-refractivity contribution in [3.63, 3.8) is 0 Å². The average molecular weight is 1230 g/mol. The number of Topliss-reactive ketones (excluding diaryl/α,β-unsaturated/α-hetero) is 1. The highest BCUT2D eigenvalue weighted by atomic mass is 32.1. The Morgan fingerprint density at radius 3 is 1.16 bits per heavy atom. The van der Waals surface area contributed by atoms with Gasteiger partial charge in [0.25, 0.3) is 0 Å². The van der Waals surface area contributed by atoms with E-state index >= 15 is 0 Å². The number of thiophene rings is 4. The van der Waals surface area contributed by atoms with E-state index in [1.165, 1.54) is 204 Å². The molecule has 0 fully saturated rings. The van der Waals surface area contributed by atoms with Gasteiger partial charge in [-0.1, -0.05) is 230 Å². The van der Waals surface area contributed by atoms with Crippen molar-refractivity contribution < 1.29 is 33.4 Å². The van der Waals surface area contributed by atoms with Crippen LogP contribution in [0.5, 0.6) is 0 Å². The van der Waals surface area contributed by atoms with Gasteiger partial charge in [0.15, 0.2) is 15.4 Å². The number of unbranched alkanes of at least 4 members (excludes halogenated alkanes) is 29. The van der Waals surface area contributed by atoms with Crippen LogP contribution < -0.4 is 0 Å². The van der Waals surface area contributed by atoms with Gasteiger partial charge < -0.3 is 14.2 Å². The maximum absolute atomic E-state index is 14.6. The molecule has 0 bridgehead atoms. The summed E-state index contributed by atoms with van der Waals surface area (Å²) >= 11 is 8.85. The summed E-state index contributed by atoms with van der Waals surface area (Å²) in [6.45, 7) is 13.3. The highest BCUT2D eigenvalue weighted by molar-refractivity contribution is 7.33. The largest absolute Gasteiger partial charge is 0.462 e. The highest BCUT2D eigenvalue weighted by Gasteiger charge is 2.30. The molecule has 82 heavy (non-hydrogen) atoms. The number of benzene rings is 1. The fourth-order valence-electron chi connectivity index (χ4n) is 10.9. The van der Waals surface area contributed by atoms with Crippen LogP contribution in [0.1, 0.15) is 284 Å². The van der Waals surface area contributed by atoms with Gasteiger partial charge in [-0.15, -0.1) is 45.3 Å². The van der Waals surface area contributed by atoms with Crippen molar-refractivity contribution >= 4 is 122 Å². The molecule has 0 saturated heterocycles. The van der Waals surface area contributed by atoms with Crippen molar-refractivity contribution in [3.05, 3.63) is 56.3 Å². The molecule has 1 aromatic carbocycles. The third-order valence-corrected chi connectivity index (χ3v) is 22.4. The monoisotopic (exact) mass is 1230 g/mol. The van der Waals surface area contributed by atoms with Gasteiger partial charge in [-0.05, 0) is 64.3 Å². The number of carbonyl (C=O) groups excluding carboxylic acids is 4. The smallest absolute Gasteiger partial charge is 0.340 e. The lowest BCUT2D eigenvalue weighted by atomic mass is 10.0. The number of carbonyl (C=O) groups is 4. The molecule has 0 spiro atoms. The molecule has 0 aliphatic heterocycles. The molecule has 0 radical (unpaired) electrons. The summed E-state index contributed by atoms with van der Waals surface area (Å²) in [5.41, 5.74) is 2.03. The maximum Gasteiger partial charge on any atom is 0.340 e. The molecule has 15 heteroatoms. The van der Waals surface area contributed by atoms with Gasteiger partial charge in [-0.3, -0.25) is 4.79 Å². The first-order chi connectivity index (χ1) is 40.0. The minimum Gasteiger partial charge on any atom is -0.462 e. The fraction of sp³-hybridized carbons (Fsp3) is 0.612. The Balaban J connectivity index is 1.15. The van der Waals surface area contributed by atoms with E-state index in [2.05, 4.69) is 20.8 Å². The number of aryl methyl sites for hydroxylation is 2. The van der Waals surface area contributed by atoms with Crippen LogP contribution in [-0.4, -0.2) is 53.5 Å². The van der Waals surface area contributed by atoms with Gasteiger partial charge in [0.1, 0.15) is 10.0 Å². The highest BCUT2D eigenvalue weighted by Crippen LogP contribution is 2.49. The Morgan fingerprint density at radius 2 is 0.732 bits per heavy atom. The van der Waals surface area contributed by atoms with E-state index in [1.54, 1.807) is 18.3 Å². The molecule has 448 valence electrons. The zero-order chi connectivity index (χ0) is 58.1. The van der Waals surface area contributed by atoms with Gasteiger partial charge in [0, 0.05) is 35.8 Å². The molecule has 0 atom stereocenters. The van der Waals surface area contributed by atoms with E-state index in [0.717, 1.165) is 102 Å². The van der Waals surface area contributed by atoms with Crippen molar-refractivity contribution in [1.82, 2.24) is 9.97 Å². The number of hydrogen-bond acceptors (Lipinski definition) is 15. The predicted octanol–water partition coefficient (Wildman–Crippen LogP) is 23.1. The molecule has 7 rings (SSSR count). The zero-order valence-electron chi connectivity index (χ0n) is 50.3. The van der Waals surface area contributed by atoms with Crippen molar-refractivity contribution in [2.45, 2.75) is 247 Å². The number of hydrogen-bond donors (Lipinski definition) is 0. The summed E-state index contributed by atoms with van der Waals surface area (Å²) in [7, 11) is 0. The molecule has 9 nitrogen and oxygen atoms in total. The molecule has 0 aliphatic rings. The normalized spacial score (nSPS) is 11.7. The number of rotatable bonds is 42. The number of aromatic nitrogens is 2. The third-order valence-electron chi connectivity index (χ3n) is 15.5. The number of thiazole rings is 2. The van der Waals surface area contributed by atoms with Crippen molar-refractivity contribution in [2.24, 2.45) is 0 Å². The number of esters is 3. The Kier molecular flexibility index (Phi) is 28.5. The van der Waals surface area contributed by atoms with Gasteiger partial charge in [0.05, 0.1) is 55.7 Å². The molecular weight excluding hydrogens is 1140 g/mol. The van der Waals surface area contributed by atoms with Crippen LogP contribution in [-0.2, 0) is 14.2 Å². The first-order valence-electron chi connectivity index (χ1n) is 31.6. The maximum atomic E-state index is 14.6. The summed E-state index contributed by atoms with van der Waals surface area (Å²) < 4.78 is 19.8. The average Bonchev–Trinajstić information content (AvgIpc) is 4.52. The fourth-order valence-corrected chi connectivity index (χ4v) is 17.6. The molecule has 6 heterocycles. The quantitative estimate of drug-likeness (QED) is 0.0159. The van der Waals surface area contributed by atoms with Crippen molar-refractivity contribution in [2.75, 3.05) is 19.8 Å². The number of ether oxygens (including phenoxy) is 3. The van der Waals surface area contributed by atoms with Crippen LogP contribution in [0.3, 0.4) is 0 Å². The second-order valence-corrected chi connectivity index (χ2v) is 29.1. The number of fused-ring (bicyclic) bond motifs is 3. The minimum atomic E-state index is -0.405. The lowest BCUT2D eigenvalue weighted by Crippen LogP contribution is -2.11. The number of nitrogens with zero attached hydrogens (tertiary/aromatic N) is 2. The van der Waals surface area contributed by atoms with E-state index in [9.17, 15) is 19.2 Å². The summed E-state index contributed by atoms with van der Waals surface area (Å²) in [6.07, 6.45) is 38.3. The molecule has 6 aromatic heterocycles. The van der Waals surface area contributed by atoms with E-state index in [1.807, 2.05) is 38.1 Å². The second kappa shape index (κ2) is 35.6. The van der Waals surface area contributed by atoms with Gasteiger partial charge in [0.2, 0.25) is 0 Å². The van der Waals surface area contributed by atoms with Crippen molar-refractivity contribution in [1.29, 1.82) is 0 Å². The minimum absolute atomic E-state index is 0.00206. The van der Waals surface area contributed by atoms with E-state index in [-0.39, 0.29) is 17.7 Å². The topological polar surface area (TPSA) is 122 Å². The molecule has 0 amide bonds. The van der Waals surface area contributed by atoms with Crippen LogP contribution >= 0.6 is 68.0 Å². The second-order valence-electron chi connectivity index (χ2n) is 22.5. The van der Waals surface area contributed by atoms with Crippen LogP contribution in [0.2, 0.25) is 0 Å². The number of ketones is 1. The summed E-state index contributed by atoms with van der Waals surface area (Å²) in [4.78, 5) is 72.9. The molecule has 0 unspecified atom stereocenters. The SMILES string of the molecule is CCCCCCCCCCCCCCOC(=O)c1cc(-c2cc3c(C(=O)OCCCCCCCCCCCC)c4sc(C)cc4c(C(=O)OCCCCCCCCCCCC)c3s2)sc1-c1nc2sc(-c3sc(C)cc3C(C)=O)nc2s1. The lowest BCUT2D eigenvalue weighted by molar-refractivity contribution is 0.0490. The van der Waals surface area contributed by atoms with E-state index in [0.29, 0.717) is 67.4 Å². The molecule has 0 aliphatic carbocycles. The Bertz CT molecular complexity index is 2970. The molecule has 0 N–H and O–H groups in total. The Hall–Kier alpha value is -3.86. The van der Waals surface area contributed by atoms with E-state index < -0.39 is 5.97 Å². The van der Waals surface area contributed by atoms with Crippen LogP contribution in [0, 0.1) is 13.8 Å². The third kappa shape index (κ3) is 19.3. The summed E-state index contributed by atoms with van der Waals surface area (Å²) in [5.74, 6) is -1.18. The first kappa shape index (κ1) is 65.7. The Morgan fingerprint density at radius 1 is 0.378 bits per heavy atom. The van der Waals surface area contributed by atoms with Crippen LogP contribution in [0.4, 0.5) is 0 Å². The standard InChI is InChI=1S/C67H92N2O7S6/c1-7-10-13-16-19-22-25-26-29-30-33-36-39-74-65(71)52-45-54(80-60(52)62-69-64-63(82-62)68-61(81-64)59-49(48(6)70)42-46(4)78-59)53-44-51-56(67(73)76-41-38-35-32-28-24-21-18-15-12-9-3)57-50(43-47(5)77-57)55(58(51)79-53)66(72)75-40-37-34-31-27-23-20-17-14-11-8-2/h42-45H,7-41H2,1-6H3.